The van der Waals surface area contributed by atoms with Crippen LogP contribution in [0.5, 0.6) is 0 Å². The Morgan fingerprint density at radius 2 is 2.12 bits per heavy atom. The van der Waals surface area contributed by atoms with Crippen LogP contribution in [0.25, 0.3) is 0 Å². The lowest BCUT2D eigenvalue weighted by Gasteiger charge is -2.33. The molecule has 0 aromatic heterocycles. The number of anilines is 1. The molecule has 86 valence electrons. The molecular formula is C14H20N2. The van der Waals surface area contributed by atoms with Crippen LogP contribution in [0, 0.1) is 5.41 Å². The molecule has 3 rings (SSSR count). The van der Waals surface area contributed by atoms with Crippen molar-refractivity contribution >= 4 is 5.69 Å². The Balaban J connectivity index is 2.03. The molecule has 0 radical (unpaired) electrons. The monoisotopic (exact) mass is 216 g/mol. The summed E-state index contributed by atoms with van der Waals surface area (Å²) in [4.78, 5) is 0. The maximum absolute atomic E-state index is 6.42. The highest BCUT2D eigenvalue weighted by atomic mass is 15.0. The standard InChI is InChI=1S/C14H20N2/c1-9(2)10-3-4-12-11(7-10)13(15)14(5-6-14)8-16-12/h3-4,7,9,13,16H,5-6,8,15H2,1-2H3. The first-order valence-corrected chi connectivity index (χ1v) is 6.26. The molecule has 0 saturated heterocycles. The molecule has 1 heterocycles. The van der Waals surface area contributed by atoms with Gasteiger partial charge >= 0.3 is 0 Å². The van der Waals surface area contributed by atoms with Crippen molar-refractivity contribution in [3.05, 3.63) is 29.3 Å². The van der Waals surface area contributed by atoms with Crippen molar-refractivity contribution in [1.82, 2.24) is 0 Å². The summed E-state index contributed by atoms with van der Waals surface area (Å²) < 4.78 is 0. The van der Waals surface area contributed by atoms with Gasteiger partial charge in [-0.2, -0.15) is 0 Å². The largest absolute Gasteiger partial charge is 0.384 e. The second-order valence-electron chi connectivity index (χ2n) is 5.69. The van der Waals surface area contributed by atoms with Crippen LogP contribution in [-0.4, -0.2) is 6.54 Å². The highest BCUT2D eigenvalue weighted by Gasteiger charge is 2.50. The minimum atomic E-state index is 0.238. The third kappa shape index (κ3) is 1.36. The van der Waals surface area contributed by atoms with Crippen molar-refractivity contribution in [2.75, 3.05) is 11.9 Å². The number of hydrogen-bond donors (Lipinski definition) is 2. The number of nitrogens with one attached hydrogen (secondary N) is 1. The van der Waals surface area contributed by atoms with E-state index in [2.05, 4.69) is 37.4 Å². The second-order valence-corrected chi connectivity index (χ2v) is 5.69. The van der Waals surface area contributed by atoms with Crippen LogP contribution >= 0.6 is 0 Å². The Kier molecular flexibility index (Phi) is 2.05. The van der Waals surface area contributed by atoms with Gasteiger partial charge in [-0.05, 0) is 36.0 Å². The topological polar surface area (TPSA) is 38.0 Å². The lowest BCUT2D eigenvalue weighted by molar-refractivity contribution is 0.417. The van der Waals surface area contributed by atoms with Crippen LogP contribution in [-0.2, 0) is 0 Å². The minimum absolute atomic E-state index is 0.238. The number of rotatable bonds is 1. The van der Waals surface area contributed by atoms with Gasteiger partial charge in [0.1, 0.15) is 0 Å². The van der Waals surface area contributed by atoms with E-state index in [4.69, 9.17) is 5.73 Å². The van der Waals surface area contributed by atoms with E-state index in [1.165, 1.54) is 29.7 Å². The first kappa shape index (κ1) is 10.2. The van der Waals surface area contributed by atoms with Gasteiger partial charge in [-0.1, -0.05) is 26.0 Å². The van der Waals surface area contributed by atoms with Crippen LogP contribution in [0.3, 0.4) is 0 Å². The molecule has 1 aliphatic heterocycles. The predicted octanol–water partition coefficient (Wildman–Crippen LogP) is 3.02. The highest BCUT2D eigenvalue weighted by Crippen LogP contribution is 2.57. The smallest absolute Gasteiger partial charge is 0.0389 e. The van der Waals surface area contributed by atoms with Crippen LogP contribution in [0.4, 0.5) is 5.69 Å². The summed E-state index contributed by atoms with van der Waals surface area (Å²) in [5.74, 6) is 0.578. The van der Waals surface area contributed by atoms with E-state index < -0.39 is 0 Å². The van der Waals surface area contributed by atoms with E-state index in [1.807, 2.05) is 0 Å². The Morgan fingerprint density at radius 3 is 2.75 bits per heavy atom. The van der Waals surface area contributed by atoms with Gasteiger partial charge < -0.3 is 11.1 Å². The number of benzene rings is 1. The predicted molar refractivity (Wildman–Crippen MR) is 67.6 cm³/mol. The third-order valence-electron chi connectivity index (χ3n) is 4.26. The fourth-order valence-electron chi connectivity index (χ4n) is 2.72. The third-order valence-corrected chi connectivity index (χ3v) is 4.26. The summed E-state index contributed by atoms with van der Waals surface area (Å²) in [6.07, 6.45) is 2.57. The summed E-state index contributed by atoms with van der Waals surface area (Å²) in [5, 5.41) is 3.53. The maximum Gasteiger partial charge on any atom is 0.0389 e. The van der Waals surface area contributed by atoms with E-state index in [1.54, 1.807) is 0 Å². The van der Waals surface area contributed by atoms with Gasteiger partial charge in [0, 0.05) is 23.7 Å². The summed E-state index contributed by atoms with van der Waals surface area (Å²) >= 11 is 0. The molecular weight excluding hydrogens is 196 g/mol. The Hall–Kier alpha value is -1.02. The van der Waals surface area contributed by atoms with Crippen molar-refractivity contribution in [2.24, 2.45) is 11.1 Å². The molecule has 3 N–H and O–H groups in total. The van der Waals surface area contributed by atoms with Crippen LogP contribution in [0.15, 0.2) is 18.2 Å². The second kappa shape index (κ2) is 3.24. The minimum Gasteiger partial charge on any atom is -0.384 e. The molecule has 0 bridgehead atoms. The van der Waals surface area contributed by atoms with Gasteiger partial charge in [0.25, 0.3) is 0 Å². The van der Waals surface area contributed by atoms with Gasteiger partial charge in [-0.25, -0.2) is 0 Å². The van der Waals surface area contributed by atoms with Crippen molar-refractivity contribution in [3.63, 3.8) is 0 Å². The maximum atomic E-state index is 6.42. The lowest BCUT2D eigenvalue weighted by atomic mass is 9.84. The van der Waals surface area contributed by atoms with Crippen molar-refractivity contribution < 1.29 is 0 Å². The van der Waals surface area contributed by atoms with E-state index in [9.17, 15) is 0 Å². The van der Waals surface area contributed by atoms with Gasteiger partial charge in [0.2, 0.25) is 0 Å². The molecule has 1 spiro atoms. The van der Waals surface area contributed by atoms with Crippen molar-refractivity contribution in [2.45, 2.75) is 38.6 Å². The van der Waals surface area contributed by atoms with Gasteiger partial charge in [0.15, 0.2) is 0 Å². The fraction of sp³-hybridized carbons (Fsp3) is 0.571. The molecule has 1 atom stereocenters. The van der Waals surface area contributed by atoms with E-state index in [0.717, 1.165) is 6.54 Å². The Morgan fingerprint density at radius 1 is 1.38 bits per heavy atom. The molecule has 2 aliphatic rings. The molecule has 1 aromatic carbocycles. The quantitative estimate of drug-likeness (QED) is 0.757. The lowest BCUT2D eigenvalue weighted by Crippen LogP contribution is -2.34. The molecule has 2 nitrogen and oxygen atoms in total. The van der Waals surface area contributed by atoms with Crippen molar-refractivity contribution in [1.29, 1.82) is 0 Å². The van der Waals surface area contributed by atoms with E-state index in [0.29, 0.717) is 11.3 Å². The summed E-state index contributed by atoms with van der Waals surface area (Å²) in [7, 11) is 0. The normalized spacial score (nSPS) is 25.4. The highest BCUT2D eigenvalue weighted by molar-refractivity contribution is 5.58. The summed E-state index contributed by atoms with van der Waals surface area (Å²) in [5.41, 5.74) is 10.8. The molecule has 16 heavy (non-hydrogen) atoms. The first-order chi connectivity index (χ1) is 7.62. The summed E-state index contributed by atoms with van der Waals surface area (Å²) in [6.45, 7) is 5.52. The zero-order valence-corrected chi connectivity index (χ0v) is 10.1. The molecule has 2 heteroatoms. The fourth-order valence-corrected chi connectivity index (χ4v) is 2.72. The molecule has 0 amide bonds. The first-order valence-electron chi connectivity index (χ1n) is 6.26. The Labute approximate surface area is 97.2 Å². The number of nitrogens with two attached hydrogens (primary N) is 1. The van der Waals surface area contributed by atoms with Crippen LogP contribution < -0.4 is 11.1 Å². The van der Waals surface area contributed by atoms with Gasteiger partial charge in [0.05, 0.1) is 0 Å². The molecule has 1 fully saturated rings. The molecule has 1 saturated carbocycles. The molecule has 1 unspecified atom stereocenters. The molecule has 1 aromatic rings. The van der Waals surface area contributed by atoms with Crippen molar-refractivity contribution in [3.8, 4) is 0 Å². The number of hydrogen-bond acceptors (Lipinski definition) is 2. The zero-order chi connectivity index (χ0) is 11.3. The molecule has 1 aliphatic carbocycles. The van der Waals surface area contributed by atoms with E-state index in [-0.39, 0.29) is 6.04 Å². The average molecular weight is 216 g/mol. The van der Waals surface area contributed by atoms with Gasteiger partial charge in [-0.15, -0.1) is 0 Å². The van der Waals surface area contributed by atoms with Crippen LogP contribution in [0.2, 0.25) is 0 Å². The van der Waals surface area contributed by atoms with E-state index >= 15 is 0 Å². The number of fused-ring (bicyclic) bond motifs is 1. The van der Waals surface area contributed by atoms with Gasteiger partial charge in [-0.3, -0.25) is 0 Å². The van der Waals surface area contributed by atoms with Crippen LogP contribution in [0.1, 0.15) is 49.8 Å². The SMILES string of the molecule is CC(C)c1ccc2c(c1)C(N)C1(CC1)CN2. The summed E-state index contributed by atoms with van der Waals surface area (Å²) in [6, 6.07) is 6.95. The Bertz CT molecular complexity index is 419. The average Bonchev–Trinajstić information content (AvgIpc) is 3.05. The zero-order valence-electron chi connectivity index (χ0n) is 10.1.